The van der Waals surface area contributed by atoms with Crippen LogP contribution in [-0.4, -0.2) is 11.6 Å². The maximum atomic E-state index is 5.59. The van der Waals surface area contributed by atoms with Crippen LogP contribution < -0.4 is 4.74 Å². The molecule has 0 unspecified atom stereocenters. The van der Waals surface area contributed by atoms with E-state index in [1.165, 1.54) is 5.56 Å². The molecule has 2 heteroatoms. The third-order valence-corrected chi connectivity index (χ3v) is 2.15. The van der Waals surface area contributed by atoms with E-state index in [2.05, 4.69) is 4.98 Å². The number of hydrogen-bond donors (Lipinski definition) is 0. The Morgan fingerprint density at radius 3 is 2.40 bits per heavy atom. The summed E-state index contributed by atoms with van der Waals surface area (Å²) in [5.41, 5.74) is 1.25. The highest BCUT2D eigenvalue weighted by atomic mass is 16.5. The van der Waals surface area contributed by atoms with Gasteiger partial charge in [-0.3, -0.25) is 4.98 Å². The predicted molar refractivity (Wildman–Crippen MR) is 59.9 cm³/mol. The van der Waals surface area contributed by atoms with Crippen LogP contribution >= 0.6 is 0 Å². The van der Waals surface area contributed by atoms with E-state index in [4.69, 9.17) is 4.74 Å². The van der Waals surface area contributed by atoms with Gasteiger partial charge in [-0.1, -0.05) is 18.2 Å². The standard InChI is InChI=1S/C13H13NO/c1-2-4-13(5-3-1)15-11-8-12-6-9-14-10-7-12/h1-7,9-10H,8,11H2. The van der Waals surface area contributed by atoms with Crippen molar-refractivity contribution in [3.63, 3.8) is 0 Å². The first kappa shape index (κ1) is 9.71. The van der Waals surface area contributed by atoms with Gasteiger partial charge in [0.2, 0.25) is 0 Å². The van der Waals surface area contributed by atoms with Crippen molar-refractivity contribution in [2.75, 3.05) is 6.61 Å². The van der Waals surface area contributed by atoms with E-state index in [9.17, 15) is 0 Å². The summed E-state index contributed by atoms with van der Waals surface area (Å²) in [6.45, 7) is 0.702. The molecule has 0 aliphatic rings. The molecule has 15 heavy (non-hydrogen) atoms. The minimum absolute atomic E-state index is 0.702. The first-order valence-electron chi connectivity index (χ1n) is 5.02. The van der Waals surface area contributed by atoms with E-state index in [-0.39, 0.29) is 0 Å². The lowest BCUT2D eigenvalue weighted by Crippen LogP contribution is -2.00. The lowest BCUT2D eigenvalue weighted by Gasteiger charge is -2.05. The zero-order valence-electron chi connectivity index (χ0n) is 8.47. The molecule has 0 amide bonds. The van der Waals surface area contributed by atoms with Gasteiger partial charge in [-0.2, -0.15) is 0 Å². The van der Waals surface area contributed by atoms with Crippen molar-refractivity contribution in [3.8, 4) is 5.75 Å². The molecule has 0 spiro atoms. The third kappa shape index (κ3) is 3.09. The van der Waals surface area contributed by atoms with Gasteiger partial charge >= 0.3 is 0 Å². The number of rotatable bonds is 4. The summed E-state index contributed by atoms with van der Waals surface area (Å²) in [5.74, 6) is 0.923. The summed E-state index contributed by atoms with van der Waals surface area (Å²) in [7, 11) is 0. The SMILES string of the molecule is c1ccc(OCCc2ccncc2)cc1. The van der Waals surface area contributed by atoms with E-state index in [1.54, 1.807) is 12.4 Å². The molecule has 0 fully saturated rings. The summed E-state index contributed by atoms with van der Waals surface area (Å²) in [6.07, 6.45) is 4.52. The van der Waals surface area contributed by atoms with Gasteiger partial charge in [-0.25, -0.2) is 0 Å². The Morgan fingerprint density at radius 2 is 1.67 bits per heavy atom. The van der Waals surface area contributed by atoms with Crippen molar-refractivity contribution >= 4 is 0 Å². The average Bonchev–Trinajstić information content (AvgIpc) is 2.32. The van der Waals surface area contributed by atoms with E-state index in [0.29, 0.717) is 6.61 Å². The van der Waals surface area contributed by atoms with Gasteiger partial charge in [0, 0.05) is 18.8 Å². The van der Waals surface area contributed by atoms with Gasteiger partial charge in [-0.15, -0.1) is 0 Å². The molecule has 0 aliphatic heterocycles. The molecular formula is C13H13NO. The van der Waals surface area contributed by atoms with Crippen LogP contribution in [0.15, 0.2) is 54.9 Å². The second-order valence-corrected chi connectivity index (χ2v) is 3.27. The zero-order chi connectivity index (χ0) is 10.3. The normalized spacial score (nSPS) is 9.87. The fourth-order valence-corrected chi connectivity index (χ4v) is 1.35. The van der Waals surface area contributed by atoms with Gasteiger partial charge in [0.05, 0.1) is 6.61 Å². The van der Waals surface area contributed by atoms with Gasteiger partial charge in [-0.05, 0) is 29.8 Å². The smallest absolute Gasteiger partial charge is 0.119 e. The highest BCUT2D eigenvalue weighted by molar-refractivity contribution is 5.21. The number of ether oxygens (including phenoxy) is 1. The summed E-state index contributed by atoms with van der Waals surface area (Å²) >= 11 is 0. The number of para-hydroxylation sites is 1. The van der Waals surface area contributed by atoms with Crippen molar-refractivity contribution in [2.24, 2.45) is 0 Å². The third-order valence-electron chi connectivity index (χ3n) is 2.15. The molecule has 2 nitrogen and oxygen atoms in total. The van der Waals surface area contributed by atoms with Gasteiger partial charge in [0.15, 0.2) is 0 Å². The van der Waals surface area contributed by atoms with Crippen LogP contribution in [0.4, 0.5) is 0 Å². The van der Waals surface area contributed by atoms with Crippen LogP contribution in [0.1, 0.15) is 5.56 Å². The lowest BCUT2D eigenvalue weighted by atomic mass is 10.2. The predicted octanol–water partition coefficient (Wildman–Crippen LogP) is 2.70. The molecule has 0 bridgehead atoms. The van der Waals surface area contributed by atoms with Gasteiger partial charge < -0.3 is 4.74 Å². The number of aromatic nitrogens is 1. The Balaban J connectivity index is 1.81. The first-order valence-corrected chi connectivity index (χ1v) is 5.02. The average molecular weight is 199 g/mol. The summed E-state index contributed by atoms with van der Waals surface area (Å²) < 4.78 is 5.59. The van der Waals surface area contributed by atoms with Gasteiger partial charge in [0.1, 0.15) is 5.75 Å². The Labute approximate surface area is 89.6 Å². The van der Waals surface area contributed by atoms with Crippen LogP contribution in [0.5, 0.6) is 5.75 Å². The minimum Gasteiger partial charge on any atom is -0.493 e. The molecule has 0 saturated heterocycles. The molecule has 2 rings (SSSR count). The van der Waals surface area contributed by atoms with E-state index < -0.39 is 0 Å². The fourth-order valence-electron chi connectivity index (χ4n) is 1.35. The van der Waals surface area contributed by atoms with E-state index in [0.717, 1.165) is 12.2 Å². The van der Waals surface area contributed by atoms with Crippen LogP contribution in [0, 0.1) is 0 Å². The molecule has 0 radical (unpaired) electrons. The van der Waals surface area contributed by atoms with Crippen molar-refractivity contribution in [3.05, 3.63) is 60.4 Å². The summed E-state index contributed by atoms with van der Waals surface area (Å²) in [6, 6.07) is 13.9. The maximum Gasteiger partial charge on any atom is 0.119 e. The molecule has 0 N–H and O–H groups in total. The monoisotopic (exact) mass is 199 g/mol. The number of hydrogen-bond acceptors (Lipinski definition) is 2. The van der Waals surface area contributed by atoms with Gasteiger partial charge in [0.25, 0.3) is 0 Å². The first-order chi connectivity index (χ1) is 7.45. The summed E-state index contributed by atoms with van der Waals surface area (Å²) in [5, 5.41) is 0. The second-order valence-electron chi connectivity index (χ2n) is 3.27. The maximum absolute atomic E-state index is 5.59. The highest BCUT2D eigenvalue weighted by Crippen LogP contribution is 2.08. The molecule has 1 aromatic carbocycles. The largest absolute Gasteiger partial charge is 0.493 e. The quantitative estimate of drug-likeness (QED) is 0.755. The Kier molecular flexibility index (Phi) is 3.34. The molecule has 0 saturated carbocycles. The van der Waals surface area contributed by atoms with E-state index >= 15 is 0 Å². The highest BCUT2D eigenvalue weighted by Gasteiger charge is 1.93. The molecule has 76 valence electrons. The van der Waals surface area contributed by atoms with Crippen LogP contribution in [0.3, 0.4) is 0 Å². The fraction of sp³-hybridized carbons (Fsp3) is 0.154. The second kappa shape index (κ2) is 5.15. The van der Waals surface area contributed by atoms with Crippen LogP contribution in [-0.2, 0) is 6.42 Å². The molecule has 1 heterocycles. The zero-order valence-corrected chi connectivity index (χ0v) is 8.47. The Hall–Kier alpha value is -1.83. The molecule has 2 aromatic rings. The van der Waals surface area contributed by atoms with Crippen molar-refractivity contribution in [1.82, 2.24) is 4.98 Å². The van der Waals surface area contributed by atoms with Crippen molar-refractivity contribution in [1.29, 1.82) is 0 Å². The molecule has 0 aliphatic carbocycles. The number of pyridine rings is 1. The molecule has 0 atom stereocenters. The lowest BCUT2D eigenvalue weighted by molar-refractivity contribution is 0.322. The number of benzene rings is 1. The molecule has 1 aromatic heterocycles. The van der Waals surface area contributed by atoms with E-state index in [1.807, 2.05) is 42.5 Å². The van der Waals surface area contributed by atoms with Crippen LogP contribution in [0.2, 0.25) is 0 Å². The Bertz CT molecular complexity index is 346. The molecular weight excluding hydrogens is 186 g/mol. The van der Waals surface area contributed by atoms with Crippen molar-refractivity contribution < 1.29 is 4.74 Å². The van der Waals surface area contributed by atoms with Crippen molar-refractivity contribution in [2.45, 2.75) is 6.42 Å². The Morgan fingerprint density at radius 1 is 0.933 bits per heavy atom. The summed E-state index contributed by atoms with van der Waals surface area (Å²) in [4.78, 5) is 3.97. The number of nitrogens with zero attached hydrogens (tertiary/aromatic N) is 1. The van der Waals surface area contributed by atoms with Crippen LogP contribution in [0.25, 0.3) is 0 Å². The topological polar surface area (TPSA) is 22.1 Å². The minimum atomic E-state index is 0.702.